The summed E-state index contributed by atoms with van der Waals surface area (Å²) in [7, 11) is -2.30. The highest BCUT2D eigenvalue weighted by atomic mass is 31.2. The van der Waals surface area contributed by atoms with Gasteiger partial charge >= 0.3 is 0 Å². The molecule has 7 nitrogen and oxygen atoms in total. The Hall–Kier alpha value is -3.18. The molecule has 0 aliphatic rings. The van der Waals surface area contributed by atoms with Gasteiger partial charge in [-0.1, -0.05) is 48.5 Å². The third kappa shape index (κ3) is 5.17. The molecule has 0 bridgehead atoms. The standard InChI is InChI=1S/C24H29N4O3P/c1-15(2)28-23(25)21(24(26)30)22(27-28)18-9-5-16(6-10-18)13-19(29)14-17-7-11-20(12-8-17)32(3,4)31/h5-12,15H,13-14,25H2,1-4H3,(H2,26,30). The summed E-state index contributed by atoms with van der Waals surface area (Å²) in [5.41, 5.74) is 14.7. The van der Waals surface area contributed by atoms with Crippen LogP contribution < -0.4 is 16.8 Å². The molecule has 1 amide bonds. The number of nitrogen functional groups attached to an aromatic ring is 1. The van der Waals surface area contributed by atoms with E-state index in [0.717, 1.165) is 16.4 Å². The van der Waals surface area contributed by atoms with Crippen molar-refractivity contribution in [1.82, 2.24) is 9.78 Å². The number of hydrogen-bond donors (Lipinski definition) is 2. The molecule has 0 fully saturated rings. The minimum Gasteiger partial charge on any atom is -0.383 e. The molecule has 168 valence electrons. The van der Waals surface area contributed by atoms with Crippen LogP contribution >= 0.6 is 7.14 Å². The quantitative estimate of drug-likeness (QED) is 0.507. The maximum atomic E-state index is 12.5. The predicted octanol–water partition coefficient (Wildman–Crippen LogP) is 3.41. The van der Waals surface area contributed by atoms with E-state index in [1.807, 2.05) is 62.4 Å². The highest BCUT2D eigenvalue weighted by Gasteiger charge is 2.22. The number of Topliss-reactive ketones (excluding diaryl/α,β-unsaturated/α-hetero) is 1. The number of aromatic nitrogens is 2. The Labute approximate surface area is 188 Å². The number of benzene rings is 2. The predicted molar refractivity (Wildman–Crippen MR) is 129 cm³/mol. The summed E-state index contributed by atoms with van der Waals surface area (Å²) in [6.45, 7) is 7.29. The summed E-state index contributed by atoms with van der Waals surface area (Å²) in [6, 6.07) is 14.7. The number of nitrogens with two attached hydrogens (primary N) is 2. The SMILES string of the molecule is CC(C)n1nc(-c2ccc(CC(=O)Cc3ccc(P(C)(C)=O)cc3)cc2)c(C(N)=O)c1N. The van der Waals surface area contributed by atoms with E-state index in [-0.39, 0.29) is 29.6 Å². The first kappa shape index (κ1) is 23.5. The first-order chi connectivity index (χ1) is 15.0. The molecule has 0 spiro atoms. The van der Waals surface area contributed by atoms with Crippen LogP contribution in [-0.2, 0) is 22.2 Å². The van der Waals surface area contributed by atoms with Gasteiger partial charge in [-0.25, -0.2) is 4.68 Å². The normalized spacial score (nSPS) is 11.7. The van der Waals surface area contributed by atoms with Crippen molar-refractivity contribution in [3.05, 3.63) is 65.2 Å². The first-order valence-electron chi connectivity index (χ1n) is 10.4. The molecule has 3 aromatic rings. The topological polar surface area (TPSA) is 121 Å². The maximum Gasteiger partial charge on any atom is 0.254 e. The van der Waals surface area contributed by atoms with E-state index in [1.165, 1.54) is 0 Å². The third-order valence-corrected chi connectivity index (χ3v) is 6.81. The van der Waals surface area contributed by atoms with Crippen molar-refractivity contribution in [2.75, 3.05) is 19.1 Å². The molecule has 2 aromatic carbocycles. The van der Waals surface area contributed by atoms with Gasteiger partial charge in [0.2, 0.25) is 0 Å². The Morgan fingerprint density at radius 2 is 1.47 bits per heavy atom. The molecule has 0 unspecified atom stereocenters. The Kier molecular flexibility index (Phi) is 6.70. The zero-order valence-electron chi connectivity index (χ0n) is 18.8. The minimum atomic E-state index is -2.30. The van der Waals surface area contributed by atoms with E-state index in [2.05, 4.69) is 5.10 Å². The summed E-state index contributed by atoms with van der Waals surface area (Å²) in [6.07, 6.45) is 0.592. The zero-order chi connectivity index (χ0) is 23.6. The van der Waals surface area contributed by atoms with Crippen molar-refractivity contribution < 1.29 is 14.2 Å². The number of primary amides is 1. The van der Waals surface area contributed by atoms with Gasteiger partial charge in [0.1, 0.15) is 30.0 Å². The number of amides is 1. The largest absolute Gasteiger partial charge is 0.383 e. The Morgan fingerprint density at radius 3 is 1.91 bits per heavy atom. The lowest BCUT2D eigenvalue weighted by Crippen LogP contribution is -2.15. The van der Waals surface area contributed by atoms with E-state index in [1.54, 1.807) is 18.0 Å². The van der Waals surface area contributed by atoms with E-state index < -0.39 is 13.0 Å². The number of ketones is 1. The van der Waals surface area contributed by atoms with Crippen molar-refractivity contribution in [3.63, 3.8) is 0 Å². The number of nitrogens with zero attached hydrogens (tertiary/aromatic N) is 2. The number of carbonyl (C=O) groups is 2. The van der Waals surface area contributed by atoms with Crippen LogP contribution in [0.3, 0.4) is 0 Å². The van der Waals surface area contributed by atoms with Crippen LogP contribution in [0.5, 0.6) is 0 Å². The Morgan fingerprint density at radius 1 is 0.969 bits per heavy atom. The average molecular weight is 452 g/mol. The van der Waals surface area contributed by atoms with Gasteiger partial charge in [0, 0.05) is 29.8 Å². The Balaban J connectivity index is 1.74. The van der Waals surface area contributed by atoms with E-state index >= 15 is 0 Å². The summed E-state index contributed by atoms with van der Waals surface area (Å²) in [5, 5.41) is 5.28. The molecular weight excluding hydrogens is 423 g/mol. The molecule has 3 rings (SSSR count). The highest BCUT2D eigenvalue weighted by molar-refractivity contribution is 7.70. The average Bonchev–Trinajstić information content (AvgIpc) is 3.06. The monoisotopic (exact) mass is 452 g/mol. The fraction of sp³-hybridized carbons (Fsp3) is 0.292. The molecule has 0 aliphatic carbocycles. The summed E-state index contributed by atoms with van der Waals surface area (Å²) >= 11 is 0. The van der Waals surface area contributed by atoms with Gasteiger partial charge in [-0.3, -0.25) is 9.59 Å². The molecule has 32 heavy (non-hydrogen) atoms. The van der Waals surface area contributed by atoms with Gasteiger partial charge in [-0.2, -0.15) is 5.10 Å². The van der Waals surface area contributed by atoms with Crippen LogP contribution in [0.25, 0.3) is 11.3 Å². The highest BCUT2D eigenvalue weighted by Crippen LogP contribution is 2.34. The van der Waals surface area contributed by atoms with Crippen LogP contribution in [0.4, 0.5) is 5.82 Å². The smallest absolute Gasteiger partial charge is 0.254 e. The number of carbonyl (C=O) groups excluding carboxylic acids is 2. The van der Waals surface area contributed by atoms with E-state index in [4.69, 9.17) is 11.5 Å². The fourth-order valence-electron chi connectivity index (χ4n) is 3.56. The third-order valence-electron chi connectivity index (χ3n) is 5.27. The van der Waals surface area contributed by atoms with Crippen LogP contribution in [0.1, 0.15) is 41.4 Å². The van der Waals surface area contributed by atoms with Gasteiger partial charge in [-0.15, -0.1) is 0 Å². The molecule has 1 heterocycles. The molecular formula is C24H29N4O3P. The van der Waals surface area contributed by atoms with Gasteiger partial charge < -0.3 is 16.0 Å². The van der Waals surface area contributed by atoms with E-state index in [0.29, 0.717) is 17.7 Å². The minimum absolute atomic E-state index is 0.0191. The zero-order valence-corrected chi connectivity index (χ0v) is 19.7. The van der Waals surface area contributed by atoms with Crippen LogP contribution in [-0.4, -0.2) is 34.8 Å². The molecule has 0 aliphatic heterocycles. The van der Waals surface area contributed by atoms with Gasteiger partial charge in [0.15, 0.2) is 0 Å². The molecule has 0 saturated heterocycles. The number of hydrogen-bond acceptors (Lipinski definition) is 5. The fourth-order valence-corrected chi connectivity index (χ4v) is 4.42. The van der Waals surface area contributed by atoms with Gasteiger partial charge in [0.25, 0.3) is 5.91 Å². The van der Waals surface area contributed by atoms with Crippen molar-refractivity contribution in [2.24, 2.45) is 5.73 Å². The molecule has 4 N–H and O–H groups in total. The van der Waals surface area contributed by atoms with Crippen molar-refractivity contribution in [2.45, 2.75) is 32.7 Å². The second-order valence-corrected chi connectivity index (χ2v) is 11.8. The number of anilines is 1. The van der Waals surface area contributed by atoms with Crippen molar-refractivity contribution >= 4 is 30.0 Å². The molecule has 0 atom stereocenters. The first-order valence-corrected chi connectivity index (χ1v) is 13.0. The van der Waals surface area contributed by atoms with Crippen LogP contribution in [0, 0.1) is 0 Å². The molecule has 0 radical (unpaired) electrons. The lowest BCUT2D eigenvalue weighted by molar-refractivity contribution is -0.117. The molecule has 1 aromatic heterocycles. The summed E-state index contributed by atoms with van der Waals surface area (Å²) in [5.74, 6) is -0.305. The summed E-state index contributed by atoms with van der Waals surface area (Å²) in [4.78, 5) is 24.5. The van der Waals surface area contributed by atoms with Crippen LogP contribution in [0.2, 0.25) is 0 Å². The number of rotatable bonds is 8. The maximum absolute atomic E-state index is 12.5. The molecule has 8 heteroatoms. The van der Waals surface area contributed by atoms with Crippen LogP contribution in [0.15, 0.2) is 48.5 Å². The lowest BCUT2D eigenvalue weighted by Gasteiger charge is -2.08. The lowest BCUT2D eigenvalue weighted by atomic mass is 10.00. The van der Waals surface area contributed by atoms with Crippen molar-refractivity contribution in [1.29, 1.82) is 0 Å². The second-order valence-electron chi connectivity index (χ2n) is 8.62. The summed E-state index contributed by atoms with van der Waals surface area (Å²) < 4.78 is 13.7. The Bertz CT molecular complexity index is 1190. The van der Waals surface area contributed by atoms with Gasteiger partial charge in [-0.05, 0) is 38.3 Å². The molecule has 0 saturated carbocycles. The second kappa shape index (κ2) is 9.13. The van der Waals surface area contributed by atoms with Gasteiger partial charge in [0.05, 0.1) is 0 Å². The van der Waals surface area contributed by atoms with E-state index in [9.17, 15) is 14.2 Å². The van der Waals surface area contributed by atoms with Crippen molar-refractivity contribution in [3.8, 4) is 11.3 Å².